The van der Waals surface area contributed by atoms with Gasteiger partial charge in [0.25, 0.3) is 5.91 Å². The Hall–Kier alpha value is -2.31. The van der Waals surface area contributed by atoms with Gasteiger partial charge in [-0.1, -0.05) is 24.3 Å². The molecule has 3 rings (SSSR count). The quantitative estimate of drug-likeness (QED) is 0.846. The second-order valence-corrected chi connectivity index (χ2v) is 5.75. The van der Waals surface area contributed by atoms with Gasteiger partial charge < -0.3 is 10.4 Å². The summed E-state index contributed by atoms with van der Waals surface area (Å²) < 4.78 is 0. The second-order valence-electron chi connectivity index (χ2n) is 5.75. The Kier molecular flexibility index (Phi) is 4.95. The molecule has 2 aromatic rings. The number of aliphatic hydroxyl groups is 1. The molecule has 1 aromatic heterocycles. The number of hydrogen-bond acceptors (Lipinski definition) is 5. The Morgan fingerprint density at radius 3 is 2.87 bits per heavy atom. The molecule has 0 bridgehead atoms. The number of hydrogen-bond donors (Lipinski definition) is 2. The van der Waals surface area contributed by atoms with Crippen LogP contribution >= 0.6 is 0 Å². The van der Waals surface area contributed by atoms with Crippen molar-refractivity contribution in [3.8, 4) is 0 Å². The fraction of sp³-hybridized carbons (Fsp3) is 0.353. The molecule has 0 unspecified atom stereocenters. The first-order chi connectivity index (χ1) is 11.2. The number of aromatic nitrogens is 2. The topological polar surface area (TPSA) is 78.4 Å². The summed E-state index contributed by atoms with van der Waals surface area (Å²) in [5.74, 6) is -0.247. The summed E-state index contributed by atoms with van der Waals surface area (Å²) in [7, 11) is 0. The van der Waals surface area contributed by atoms with E-state index >= 15 is 0 Å². The van der Waals surface area contributed by atoms with Crippen LogP contribution in [0, 0.1) is 0 Å². The molecule has 120 valence electrons. The van der Waals surface area contributed by atoms with E-state index in [-0.39, 0.29) is 12.5 Å². The average Bonchev–Trinajstić information content (AvgIpc) is 2.60. The van der Waals surface area contributed by atoms with E-state index in [1.54, 1.807) is 6.07 Å². The molecule has 1 aromatic carbocycles. The molecule has 1 aliphatic rings. The van der Waals surface area contributed by atoms with Crippen LogP contribution in [0.5, 0.6) is 0 Å². The number of carbonyl (C=O) groups excluding carboxylic acids is 1. The van der Waals surface area contributed by atoms with Crippen molar-refractivity contribution in [1.29, 1.82) is 0 Å². The molecule has 0 fully saturated rings. The number of nitrogens with zero attached hydrogens (tertiary/aromatic N) is 3. The lowest BCUT2D eigenvalue weighted by Gasteiger charge is -2.30. The molecular weight excluding hydrogens is 292 g/mol. The standard InChI is InChI=1S/C17H20N4O2/c22-16(10-18-17(23)14-5-7-19-20-9-14)12-21-8-6-13-3-1-2-4-15(13)11-21/h1-5,7,9,16,22H,6,8,10-12H2,(H,18,23)/t16-/m1/s1. The lowest BCUT2D eigenvalue weighted by molar-refractivity contribution is 0.0841. The maximum atomic E-state index is 11.9. The first-order valence-electron chi connectivity index (χ1n) is 7.74. The predicted molar refractivity (Wildman–Crippen MR) is 85.8 cm³/mol. The molecular formula is C17H20N4O2. The van der Waals surface area contributed by atoms with Crippen molar-refractivity contribution in [1.82, 2.24) is 20.4 Å². The Morgan fingerprint density at radius 1 is 1.26 bits per heavy atom. The number of amides is 1. The van der Waals surface area contributed by atoms with Gasteiger partial charge in [-0.25, -0.2) is 0 Å². The Labute approximate surface area is 135 Å². The van der Waals surface area contributed by atoms with Crippen LogP contribution in [0.4, 0.5) is 0 Å². The summed E-state index contributed by atoms with van der Waals surface area (Å²) in [4.78, 5) is 14.1. The van der Waals surface area contributed by atoms with Gasteiger partial charge in [0.15, 0.2) is 0 Å². The first-order valence-corrected chi connectivity index (χ1v) is 7.74. The van der Waals surface area contributed by atoms with Crippen molar-refractivity contribution >= 4 is 5.91 Å². The summed E-state index contributed by atoms with van der Waals surface area (Å²) in [5, 5.41) is 20.2. The van der Waals surface area contributed by atoms with Crippen LogP contribution in [0.2, 0.25) is 0 Å². The second kappa shape index (κ2) is 7.30. The van der Waals surface area contributed by atoms with Gasteiger partial charge in [0.05, 0.1) is 24.1 Å². The number of nitrogens with one attached hydrogen (secondary N) is 1. The highest BCUT2D eigenvalue weighted by molar-refractivity contribution is 5.93. The van der Waals surface area contributed by atoms with Crippen LogP contribution in [-0.2, 0) is 13.0 Å². The van der Waals surface area contributed by atoms with Gasteiger partial charge in [-0.15, -0.1) is 0 Å². The lowest BCUT2D eigenvalue weighted by atomic mass is 10.00. The molecule has 0 radical (unpaired) electrons. The van der Waals surface area contributed by atoms with E-state index in [9.17, 15) is 9.90 Å². The Bertz CT molecular complexity index is 663. The maximum absolute atomic E-state index is 11.9. The van der Waals surface area contributed by atoms with Crippen molar-refractivity contribution in [2.45, 2.75) is 19.1 Å². The third-order valence-electron chi connectivity index (χ3n) is 4.02. The Morgan fingerprint density at radius 2 is 2.09 bits per heavy atom. The molecule has 0 saturated carbocycles. The fourth-order valence-corrected chi connectivity index (χ4v) is 2.81. The van der Waals surface area contributed by atoms with Gasteiger partial charge in [0.2, 0.25) is 0 Å². The largest absolute Gasteiger partial charge is 0.390 e. The van der Waals surface area contributed by atoms with E-state index in [0.717, 1.165) is 19.5 Å². The minimum Gasteiger partial charge on any atom is -0.390 e. The van der Waals surface area contributed by atoms with Gasteiger partial charge in [0, 0.05) is 26.2 Å². The van der Waals surface area contributed by atoms with Crippen LogP contribution < -0.4 is 5.32 Å². The molecule has 6 heteroatoms. The number of rotatable bonds is 5. The highest BCUT2D eigenvalue weighted by Gasteiger charge is 2.18. The van der Waals surface area contributed by atoms with Crippen molar-refractivity contribution in [3.05, 3.63) is 59.4 Å². The monoisotopic (exact) mass is 312 g/mol. The van der Waals surface area contributed by atoms with Crippen LogP contribution in [-0.4, -0.2) is 51.8 Å². The zero-order valence-electron chi connectivity index (χ0n) is 12.9. The molecule has 1 amide bonds. The SMILES string of the molecule is O=C(NC[C@@H](O)CN1CCc2ccccc2C1)c1ccnnc1. The molecule has 2 N–H and O–H groups in total. The van der Waals surface area contributed by atoms with E-state index in [1.807, 2.05) is 6.07 Å². The lowest BCUT2D eigenvalue weighted by Crippen LogP contribution is -2.42. The summed E-state index contributed by atoms with van der Waals surface area (Å²) in [6, 6.07) is 9.99. The minimum absolute atomic E-state index is 0.222. The van der Waals surface area contributed by atoms with Crippen LogP contribution in [0.1, 0.15) is 21.5 Å². The molecule has 23 heavy (non-hydrogen) atoms. The van der Waals surface area contributed by atoms with Crippen molar-refractivity contribution in [3.63, 3.8) is 0 Å². The average molecular weight is 312 g/mol. The first kappa shape index (κ1) is 15.6. The van der Waals surface area contributed by atoms with Crippen LogP contribution in [0.15, 0.2) is 42.7 Å². The van der Waals surface area contributed by atoms with Crippen molar-refractivity contribution < 1.29 is 9.90 Å². The third-order valence-corrected chi connectivity index (χ3v) is 4.02. The molecule has 0 aliphatic carbocycles. The summed E-state index contributed by atoms with van der Waals surface area (Å²) in [5.41, 5.74) is 3.15. The molecule has 2 heterocycles. The molecule has 0 saturated heterocycles. The van der Waals surface area contributed by atoms with E-state index in [1.165, 1.54) is 23.5 Å². The minimum atomic E-state index is -0.598. The maximum Gasteiger partial charge on any atom is 0.253 e. The zero-order chi connectivity index (χ0) is 16.1. The number of β-amino-alcohol motifs (C(OH)–C–C–N with tert-alkyl or cyclic N) is 1. The number of carbonyl (C=O) groups is 1. The highest BCUT2D eigenvalue weighted by atomic mass is 16.3. The third kappa shape index (κ3) is 4.12. The van der Waals surface area contributed by atoms with E-state index in [0.29, 0.717) is 12.1 Å². The summed E-state index contributed by atoms with van der Waals surface area (Å²) >= 11 is 0. The van der Waals surface area contributed by atoms with Crippen molar-refractivity contribution in [2.24, 2.45) is 0 Å². The number of benzene rings is 1. The van der Waals surface area contributed by atoms with Gasteiger partial charge in [-0.2, -0.15) is 10.2 Å². The van der Waals surface area contributed by atoms with Gasteiger partial charge in [-0.05, 0) is 23.6 Å². The summed E-state index contributed by atoms with van der Waals surface area (Å²) in [6.45, 7) is 2.54. The predicted octanol–water partition coefficient (Wildman–Crippen LogP) is 0.626. The van der Waals surface area contributed by atoms with Gasteiger partial charge in [0.1, 0.15) is 0 Å². The van der Waals surface area contributed by atoms with Crippen molar-refractivity contribution in [2.75, 3.05) is 19.6 Å². The Balaban J connectivity index is 1.47. The van der Waals surface area contributed by atoms with Crippen LogP contribution in [0.3, 0.4) is 0 Å². The zero-order valence-corrected chi connectivity index (χ0v) is 12.9. The van der Waals surface area contributed by atoms with E-state index in [4.69, 9.17) is 0 Å². The molecule has 1 aliphatic heterocycles. The number of aliphatic hydroxyl groups excluding tert-OH is 1. The summed E-state index contributed by atoms with van der Waals surface area (Å²) in [6.07, 6.45) is 3.27. The van der Waals surface area contributed by atoms with Crippen LogP contribution in [0.25, 0.3) is 0 Å². The fourth-order valence-electron chi connectivity index (χ4n) is 2.81. The molecule has 6 nitrogen and oxygen atoms in total. The molecule has 0 spiro atoms. The van der Waals surface area contributed by atoms with Gasteiger partial charge >= 0.3 is 0 Å². The van der Waals surface area contributed by atoms with Gasteiger partial charge in [-0.3, -0.25) is 9.69 Å². The van der Waals surface area contributed by atoms with E-state index in [2.05, 4.69) is 38.6 Å². The number of fused-ring (bicyclic) bond motifs is 1. The van der Waals surface area contributed by atoms with E-state index < -0.39 is 6.10 Å². The smallest absolute Gasteiger partial charge is 0.253 e. The molecule has 1 atom stereocenters. The normalized spacial score (nSPS) is 15.7. The highest BCUT2D eigenvalue weighted by Crippen LogP contribution is 2.18.